The Labute approximate surface area is 130 Å². The molecule has 18 heavy (non-hydrogen) atoms. The van der Waals surface area contributed by atoms with Gasteiger partial charge in [0.2, 0.25) is 0 Å². The standard InChI is InChI=1S/C12H21NO4.Na/c1-4-5-6-7-17-11(14)8-10(12(15)16)9-13(2)3;/h5-6,10H,4,7-9H2,1-3H3,(H,15,16);/q;+1/p-1/b6-5+;. The third-order valence-corrected chi connectivity index (χ3v) is 2.07. The molecule has 0 aliphatic rings. The third kappa shape index (κ3) is 10.8. The van der Waals surface area contributed by atoms with Crippen LogP contribution in [0.15, 0.2) is 12.2 Å². The Morgan fingerprint density at radius 1 is 1.33 bits per heavy atom. The summed E-state index contributed by atoms with van der Waals surface area (Å²) >= 11 is 0. The first-order chi connectivity index (χ1) is 7.97. The number of carboxylic acid groups (broad SMARTS) is 1. The number of rotatable bonds is 8. The van der Waals surface area contributed by atoms with Crippen molar-refractivity contribution in [3.05, 3.63) is 12.2 Å². The molecule has 0 aliphatic carbocycles. The van der Waals surface area contributed by atoms with Crippen LogP contribution in [0.5, 0.6) is 0 Å². The maximum atomic E-state index is 11.3. The molecular formula is C12H20NNaO4. The number of carbonyl (C=O) groups excluding carboxylic acids is 2. The molecule has 0 N–H and O–H groups in total. The fourth-order valence-corrected chi connectivity index (χ4v) is 1.30. The minimum atomic E-state index is -1.22. The first kappa shape index (κ1) is 20.0. The summed E-state index contributed by atoms with van der Waals surface area (Å²) in [6, 6.07) is 0. The van der Waals surface area contributed by atoms with E-state index in [2.05, 4.69) is 0 Å². The molecule has 0 aromatic rings. The van der Waals surface area contributed by atoms with Gasteiger partial charge in [-0.1, -0.05) is 19.1 Å². The van der Waals surface area contributed by atoms with Gasteiger partial charge in [0.05, 0.1) is 6.42 Å². The molecule has 0 spiro atoms. The molecule has 6 heteroatoms. The fourth-order valence-electron chi connectivity index (χ4n) is 1.30. The van der Waals surface area contributed by atoms with E-state index in [0.717, 1.165) is 6.42 Å². The average Bonchev–Trinajstić information content (AvgIpc) is 2.22. The smallest absolute Gasteiger partial charge is 0.550 e. The van der Waals surface area contributed by atoms with Crippen molar-refractivity contribution in [2.45, 2.75) is 19.8 Å². The largest absolute Gasteiger partial charge is 1.00 e. The van der Waals surface area contributed by atoms with E-state index < -0.39 is 17.9 Å². The van der Waals surface area contributed by atoms with E-state index >= 15 is 0 Å². The summed E-state index contributed by atoms with van der Waals surface area (Å²) in [4.78, 5) is 23.8. The van der Waals surface area contributed by atoms with Gasteiger partial charge in [0, 0.05) is 18.4 Å². The number of allylic oxidation sites excluding steroid dienone is 1. The fraction of sp³-hybridized carbons (Fsp3) is 0.667. The summed E-state index contributed by atoms with van der Waals surface area (Å²) in [5.41, 5.74) is 0. The van der Waals surface area contributed by atoms with Crippen LogP contribution in [0, 0.1) is 5.92 Å². The molecule has 0 aromatic carbocycles. The summed E-state index contributed by atoms with van der Waals surface area (Å²) in [6.45, 7) is 2.43. The van der Waals surface area contributed by atoms with Crippen molar-refractivity contribution in [2.75, 3.05) is 27.2 Å². The van der Waals surface area contributed by atoms with Gasteiger partial charge in [-0.3, -0.25) is 4.79 Å². The van der Waals surface area contributed by atoms with Crippen LogP contribution in [-0.4, -0.2) is 44.1 Å². The number of carbonyl (C=O) groups is 2. The monoisotopic (exact) mass is 265 g/mol. The topological polar surface area (TPSA) is 69.7 Å². The van der Waals surface area contributed by atoms with Crippen molar-refractivity contribution in [3.8, 4) is 0 Å². The Bertz CT molecular complexity index is 279. The van der Waals surface area contributed by atoms with E-state index in [9.17, 15) is 14.7 Å². The maximum absolute atomic E-state index is 11.3. The predicted octanol–water partition coefficient (Wildman–Crippen LogP) is -3.18. The number of carboxylic acids is 1. The van der Waals surface area contributed by atoms with Gasteiger partial charge in [-0.2, -0.15) is 0 Å². The molecule has 0 fully saturated rings. The minimum Gasteiger partial charge on any atom is -0.550 e. The summed E-state index contributed by atoms with van der Waals surface area (Å²) < 4.78 is 4.87. The second-order valence-electron chi connectivity index (χ2n) is 4.04. The van der Waals surface area contributed by atoms with Gasteiger partial charge in [0.15, 0.2) is 0 Å². The molecular weight excluding hydrogens is 245 g/mol. The van der Waals surface area contributed by atoms with Crippen molar-refractivity contribution in [1.82, 2.24) is 4.90 Å². The summed E-state index contributed by atoms with van der Waals surface area (Å²) in [5.74, 6) is -2.56. The van der Waals surface area contributed by atoms with Crippen LogP contribution in [0.1, 0.15) is 19.8 Å². The molecule has 1 unspecified atom stereocenters. The SMILES string of the molecule is CC/C=C/COC(=O)CC(CN(C)C)C(=O)[O-].[Na+]. The third-order valence-electron chi connectivity index (χ3n) is 2.07. The maximum Gasteiger partial charge on any atom is 1.00 e. The van der Waals surface area contributed by atoms with Gasteiger partial charge in [-0.15, -0.1) is 0 Å². The molecule has 0 aromatic heterocycles. The Balaban J connectivity index is 0. The van der Waals surface area contributed by atoms with Gasteiger partial charge >= 0.3 is 35.5 Å². The molecule has 5 nitrogen and oxygen atoms in total. The zero-order valence-corrected chi connectivity index (χ0v) is 13.6. The summed E-state index contributed by atoms with van der Waals surface area (Å²) in [7, 11) is 3.48. The summed E-state index contributed by atoms with van der Waals surface area (Å²) in [6.07, 6.45) is 4.33. The minimum absolute atomic E-state index is 0. The van der Waals surface area contributed by atoms with Crippen LogP contribution in [-0.2, 0) is 14.3 Å². The molecule has 0 saturated carbocycles. The van der Waals surface area contributed by atoms with Crippen LogP contribution >= 0.6 is 0 Å². The van der Waals surface area contributed by atoms with Crippen LogP contribution in [0.2, 0.25) is 0 Å². The molecule has 98 valence electrons. The zero-order chi connectivity index (χ0) is 13.3. The van der Waals surface area contributed by atoms with Crippen molar-refractivity contribution < 1.29 is 49.0 Å². The molecule has 0 rings (SSSR count). The van der Waals surface area contributed by atoms with E-state index in [0.29, 0.717) is 0 Å². The number of hydrogen-bond acceptors (Lipinski definition) is 5. The van der Waals surface area contributed by atoms with E-state index in [1.807, 2.05) is 13.0 Å². The zero-order valence-electron chi connectivity index (χ0n) is 11.6. The number of ether oxygens (including phenoxy) is 1. The first-order valence-electron chi connectivity index (χ1n) is 5.63. The van der Waals surface area contributed by atoms with Gasteiger partial charge < -0.3 is 19.5 Å². The van der Waals surface area contributed by atoms with Gasteiger partial charge in [0.1, 0.15) is 6.61 Å². The molecule has 0 radical (unpaired) electrons. The molecule has 1 atom stereocenters. The van der Waals surface area contributed by atoms with E-state index in [1.54, 1.807) is 25.1 Å². The van der Waals surface area contributed by atoms with E-state index in [-0.39, 0.29) is 49.1 Å². The number of hydrogen-bond donors (Lipinski definition) is 0. The Hall–Kier alpha value is -0.360. The molecule has 0 aliphatic heterocycles. The van der Waals surface area contributed by atoms with Crippen molar-refractivity contribution in [1.29, 1.82) is 0 Å². The van der Waals surface area contributed by atoms with E-state index in [4.69, 9.17) is 4.74 Å². The Morgan fingerprint density at radius 3 is 2.39 bits per heavy atom. The van der Waals surface area contributed by atoms with E-state index in [1.165, 1.54) is 0 Å². The Kier molecular flexibility index (Phi) is 13.0. The normalized spacial score (nSPS) is 12.2. The second-order valence-corrected chi connectivity index (χ2v) is 4.04. The first-order valence-corrected chi connectivity index (χ1v) is 5.63. The van der Waals surface area contributed by atoms with Gasteiger partial charge in [-0.25, -0.2) is 0 Å². The summed E-state index contributed by atoms with van der Waals surface area (Å²) in [5, 5.41) is 10.8. The predicted molar refractivity (Wildman–Crippen MR) is 62.1 cm³/mol. The number of esters is 1. The van der Waals surface area contributed by atoms with Crippen molar-refractivity contribution in [3.63, 3.8) is 0 Å². The number of aliphatic carboxylic acids is 1. The van der Waals surface area contributed by atoms with Crippen LogP contribution < -0.4 is 34.7 Å². The van der Waals surface area contributed by atoms with Crippen LogP contribution in [0.3, 0.4) is 0 Å². The molecule has 0 heterocycles. The van der Waals surface area contributed by atoms with Gasteiger partial charge in [-0.05, 0) is 20.5 Å². The molecule has 0 saturated heterocycles. The van der Waals surface area contributed by atoms with Gasteiger partial charge in [0.25, 0.3) is 0 Å². The number of nitrogens with zero attached hydrogens (tertiary/aromatic N) is 1. The van der Waals surface area contributed by atoms with Crippen molar-refractivity contribution in [2.24, 2.45) is 5.92 Å². The van der Waals surface area contributed by atoms with Crippen LogP contribution in [0.4, 0.5) is 0 Å². The Morgan fingerprint density at radius 2 is 1.94 bits per heavy atom. The molecule has 0 bridgehead atoms. The molecule has 0 amide bonds. The van der Waals surface area contributed by atoms with Crippen LogP contribution in [0.25, 0.3) is 0 Å². The second kappa shape index (κ2) is 11.7. The quantitative estimate of drug-likeness (QED) is 0.263. The average molecular weight is 265 g/mol. The van der Waals surface area contributed by atoms with Crippen molar-refractivity contribution >= 4 is 11.9 Å².